The quantitative estimate of drug-likeness (QED) is 0.743. The number of benzene rings is 1. The normalized spacial score (nSPS) is 10.9. The second-order valence-electron chi connectivity index (χ2n) is 3.93. The van der Waals surface area contributed by atoms with E-state index in [0.717, 1.165) is 0 Å². The molecule has 0 saturated heterocycles. The van der Waals surface area contributed by atoms with Crippen molar-refractivity contribution in [1.82, 2.24) is 6.15 Å². The SMILES string of the molecule is CC[N+](CC)(CC)Cc1ccccc1.N.[H]. The number of quaternary nitrogens is 1. The summed E-state index contributed by atoms with van der Waals surface area (Å²) in [5, 5.41) is 0. The first-order chi connectivity index (χ1) is 6.76. The van der Waals surface area contributed by atoms with Gasteiger partial charge in [-0.1, -0.05) is 30.3 Å². The topological polar surface area (TPSA) is 35.0 Å². The first kappa shape index (κ1) is 14.1. The summed E-state index contributed by atoms with van der Waals surface area (Å²) in [5.41, 5.74) is 1.46. The minimum Gasteiger partial charge on any atom is -0.344 e. The van der Waals surface area contributed by atoms with Crippen LogP contribution in [-0.4, -0.2) is 24.1 Å². The van der Waals surface area contributed by atoms with Gasteiger partial charge < -0.3 is 10.6 Å². The Balaban J connectivity index is 0. The molecule has 1 radical (unpaired) electrons. The molecule has 0 saturated carbocycles. The van der Waals surface area contributed by atoms with Gasteiger partial charge in [-0.15, -0.1) is 0 Å². The van der Waals surface area contributed by atoms with Gasteiger partial charge in [-0.3, -0.25) is 0 Å². The zero-order valence-electron chi connectivity index (χ0n) is 11.4. The van der Waals surface area contributed by atoms with Crippen molar-refractivity contribution in [1.29, 1.82) is 0 Å². The van der Waals surface area contributed by atoms with Gasteiger partial charge in [-0.05, 0) is 20.8 Å². The first-order valence-corrected chi connectivity index (χ1v) is 5.65. The highest BCUT2D eigenvalue weighted by atomic mass is 15.3. The average molecular weight is 210 g/mol. The van der Waals surface area contributed by atoms with E-state index in [1.807, 2.05) is 0 Å². The van der Waals surface area contributed by atoms with Gasteiger partial charge >= 0.3 is 0 Å². The highest BCUT2D eigenvalue weighted by Gasteiger charge is 2.20. The number of hydrogen-bond donors (Lipinski definition) is 1. The van der Waals surface area contributed by atoms with E-state index in [9.17, 15) is 0 Å². The van der Waals surface area contributed by atoms with Crippen molar-refractivity contribution in [2.24, 2.45) is 0 Å². The Morgan fingerprint density at radius 2 is 1.40 bits per heavy atom. The third-order valence-electron chi connectivity index (χ3n) is 3.37. The van der Waals surface area contributed by atoms with Crippen LogP contribution in [0.15, 0.2) is 30.3 Å². The van der Waals surface area contributed by atoms with E-state index in [4.69, 9.17) is 0 Å². The van der Waals surface area contributed by atoms with Gasteiger partial charge in [0.25, 0.3) is 0 Å². The molecule has 0 fully saturated rings. The van der Waals surface area contributed by atoms with E-state index in [0.29, 0.717) is 0 Å². The van der Waals surface area contributed by atoms with Crippen molar-refractivity contribution < 1.29 is 5.91 Å². The molecule has 0 bridgehead atoms. The molecule has 1 aromatic rings. The van der Waals surface area contributed by atoms with Crippen LogP contribution in [0.5, 0.6) is 0 Å². The first-order valence-electron chi connectivity index (χ1n) is 5.65. The third-order valence-corrected chi connectivity index (χ3v) is 3.37. The molecule has 0 aromatic heterocycles. The maximum atomic E-state index is 2.29. The number of hydrogen-bond acceptors (Lipinski definition) is 1. The highest BCUT2D eigenvalue weighted by molar-refractivity contribution is 5.13. The van der Waals surface area contributed by atoms with E-state index in [1.165, 1.54) is 36.2 Å². The highest BCUT2D eigenvalue weighted by Crippen LogP contribution is 2.13. The van der Waals surface area contributed by atoms with E-state index >= 15 is 0 Å². The van der Waals surface area contributed by atoms with Crippen LogP contribution in [-0.2, 0) is 6.54 Å². The zero-order chi connectivity index (χ0) is 10.4. The van der Waals surface area contributed by atoms with Gasteiger partial charge in [-0.2, -0.15) is 0 Å². The van der Waals surface area contributed by atoms with Crippen molar-refractivity contribution in [3.05, 3.63) is 35.9 Å². The van der Waals surface area contributed by atoms with Crippen LogP contribution in [0.3, 0.4) is 0 Å². The lowest BCUT2D eigenvalue weighted by atomic mass is 10.2. The van der Waals surface area contributed by atoms with Gasteiger partial charge in [0.1, 0.15) is 6.54 Å². The predicted molar refractivity (Wildman–Crippen MR) is 68.2 cm³/mol. The summed E-state index contributed by atoms with van der Waals surface area (Å²) in [7, 11) is 0. The maximum absolute atomic E-state index is 2.29. The molecule has 0 amide bonds. The molecule has 0 spiro atoms. The van der Waals surface area contributed by atoms with Gasteiger partial charge in [-0.25, -0.2) is 0 Å². The smallest absolute Gasteiger partial charge is 0.104 e. The lowest BCUT2D eigenvalue weighted by molar-refractivity contribution is -0.936. The van der Waals surface area contributed by atoms with E-state index in [1.54, 1.807) is 0 Å². The van der Waals surface area contributed by atoms with Crippen molar-refractivity contribution in [2.45, 2.75) is 27.3 Å². The van der Waals surface area contributed by atoms with Crippen LogP contribution in [0, 0.1) is 0 Å². The molecule has 2 heteroatoms. The maximum Gasteiger partial charge on any atom is 0.104 e. The van der Waals surface area contributed by atoms with Gasteiger partial charge in [0.2, 0.25) is 0 Å². The second-order valence-corrected chi connectivity index (χ2v) is 3.93. The summed E-state index contributed by atoms with van der Waals surface area (Å²) < 4.78 is 1.20. The third kappa shape index (κ3) is 3.65. The summed E-state index contributed by atoms with van der Waals surface area (Å²) in [4.78, 5) is 0. The van der Waals surface area contributed by atoms with E-state index in [2.05, 4.69) is 51.1 Å². The standard InChI is InChI=1S/C13H22N.H3N.H/c1-4-14(5-2,6-3)12-13-10-8-7-9-11-13;;/h7-11H,4-6,12H2,1-3H3;1H3;/q+1;;. The molecule has 0 unspecified atom stereocenters. The summed E-state index contributed by atoms with van der Waals surface area (Å²) in [6, 6.07) is 10.8. The Morgan fingerprint density at radius 1 is 0.933 bits per heavy atom. The Morgan fingerprint density at radius 3 is 1.80 bits per heavy atom. The Labute approximate surface area is 95.6 Å². The van der Waals surface area contributed by atoms with Crippen LogP contribution >= 0.6 is 0 Å². The van der Waals surface area contributed by atoms with Crippen LogP contribution in [0.2, 0.25) is 0 Å². The molecule has 15 heavy (non-hydrogen) atoms. The average Bonchev–Trinajstić information content (AvgIpc) is 2.28. The Bertz CT molecular complexity index is 250. The molecule has 87 valence electrons. The van der Waals surface area contributed by atoms with E-state index in [-0.39, 0.29) is 7.58 Å². The molecule has 0 atom stereocenters. The van der Waals surface area contributed by atoms with E-state index < -0.39 is 0 Å². The van der Waals surface area contributed by atoms with Crippen molar-refractivity contribution >= 4 is 0 Å². The fourth-order valence-electron chi connectivity index (χ4n) is 1.98. The van der Waals surface area contributed by atoms with Crippen molar-refractivity contribution in [3.8, 4) is 0 Å². The lowest BCUT2D eigenvalue weighted by Crippen LogP contribution is -2.46. The van der Waals surface area contributed by atoms with Gasteiger partial charge in [0.15, 0.2) is 0 Å². The summed E-state index contributed by atoms with van der Waals surface area (Å²) in [6.07, 6.45) is 0. The van der Waals surface area contributed by atoms with Crippen molar-refractivity contribution in [3.63, 3.8) is 0 Å². The Hall–Kier alpha value is -0.860. The summed E-state index contributed by atoms with van der Waals surface area (Å²) >= 11 is 0. The fourth-order valence-corrected chi connectivity index (χ4v) is 1.98. The minimum atomic E-state index is 0. The number of rotatable bonds is 5. The van der Waals surface area contributed by atoms with Crippen LogP contribution in [0.25, 0.3) is 0 Å². The van der Waals surface area contributed by atoms with Gasteiger partial charge in [0, 0.05) is 6.99 Å². The van der Waals surface area contributed by atoms with Gasteiger partial charge in [0.05, 0.1) is 19.6 Å². The summed E-state index contributed by atoms with van der Waals surface area (Å²) in [6.45, 7) is 11.7. The largest absolute Gasteiger partial charge is 0.344 e. The van der Waals surface area contributed by atoms with Crippen molar-refractivity contribution in [2.75, 3.05) is 19.6 Å². The Kier molecular flexibility index (Phi) is 6.21. The van der Waals surface area contributed by atoms with Crippen LogP contribution in [0.1, 0.15) is 27.8 Å². The molecule has 3 N–H and O–H groups in total. The van der Waals surface area contributed by atoms with Crippen LogP contribution < -0.4 is 6.15 Å². The molecule has 1 rings (SSSR count). The lowest BCUT2D eigenvalue weighted by Gasteiger charge is -2.35. The molecular formula is C13H26N2+. The summed E-state index contributed by atoms with van der Waals surface area (Å²) in [5.74, 6) is 0. The molecule has 0 aliphatic carbocycles. The molecular weight excluding hydrogens is 184 g/mol. The molecule has 1 aromatic carbocycles. The molecule has 0 heterocycles. The second kappa shape index (κ2) is 6.59. The monoisotopic (exact) mass is 210 g/mol. The zero-order valence-corrected chi connectivity index (χ0v) is 10.4. The fraction of sp³-hybridized carbons (Fsp3) is 0.538. The molecule has 0 aliphatic rings. The number of nitrogens with zero attached hydrogens (tertiary/aromatic N) is 1. The minimum absolute atomic E-state index is 0. The molecule has 2 nitrogen and oxygen atoms in total. The molecule has 0 aliphatic heterocycles. The van der Waals surface area contributed by atoms with Crippen LogP contribution in [0.4, 0.5) is 0 Å². The predicted octanol–water partition coefficient (Wildman–Crippen LogP) is 3.34.